The van der Waals surface area contributed by atoms with Gasteiger partial charge in [0.1, 0.15) is 5.82 Å². The minimum atomic E-state index is -0.644. The van der Waals surface area contributed by atoms with Crippen molar-refractivity contribution in [2.45, 2.75) is 6.92 Å². The fourth-order valence-electron chi connectivity index (χ4n) is 1.82. The van der Waals surface area contributed by atoms with Gasteiger partial charge >= 0.3 is 5.97 Å². The first-order valence-corrected chi connectivity index (χ1v) is 7.00. The third kappa shape index (κ3) is 5.39. The molecule has 0 radical (unpaired) electrons. The second kappa shape index (κ2) is 7.89. The number of rotatable bonds is 5. The SMILES string of the molecule is Cc1ccccc1NC(=O)COC(=O)/C=C/c1ccc(F)cc1. The number of anilines is 1. The molecular formula is C18H16FNO3. The summed E-state index contributed by atoms with van der Waals surface area (Å²) in [4.78, 5) is 23.3. The summed E-state index contributed by atoms with van der Waals surface area (Å²) in [6, 6.07) is 13.0. The van der Waals surface area contributed by atoms with Crippen molar-refractivity contribution < 1.29 is 18.7 Å². The Kier molecular flexibility index (Phi) is 5.63. The maximum atomic E-state index is 12.7. The Morgan fingerprint density at radius 2 is 1.83 bits per heavy atom. The van der Waals surface area contributed by atoms with Crippen molar-refractivity contribution in [1.82, 2.24) is 0 Å². The highest BCUT2D eigenvalue weighted by Crippen LogP contribution is 2.12. The number of para-hydroxylation sites is 1. The molecule has 0 heterocycles. The Bertz CT molecular complexity index is 723. The van der Waals surface area contributed by atoms with Gasteiger partial charge in [-0.05, 0) is 42.3 Å². The number of benzene rings is 2. The lowest BCUT2D eigenvalue weighted by atomic mass is 10.2. The second-order valence-corrected chi connectivity index (χ2v) is 4.86. The van der Waals surface area contributed by atoms with Crippen molar-refractivity contribution >= 4 is 23.6 Å². The highest BCUT2D eigenvalue weighted by molar-refractivity contribution is 5.95. The standard InChI is InChI=1S/C18H16FNO3/c1-13-4-2-3-5-16(13)20-17(21)12-23-18(22)11-8-14-6-9-15(19)10-7-14/h2-11H,12H2,1H3,(H,20,21)/b11-8+. The topological polar surface area (TPSA) is 55.4 Å². The molecule has 5 heteroatoms. The second-order valence-electron chi connectivity index (χ2n) is 4.86. The average Bonchev–Trinajstić information content (AvgIpc) is 2.54. The molecule has 118 valence electrons. The summed E-state index contributed by atoms with van der Waals surface area (Å²) in [7, 11) is 0. The zero-order chi connectivity index (χ0) is 16.7. The van der Waals surface area contributed by atoms with Gasteiger partial charge < -0.3 is 10.1 Å². The van der Waals surface area contributed by atoms with E-state index < -0.39 is 11.9 Å². The Balaban J connectivity index is 1.81. The first-order chi connectivity index (χ1) is 11.0. The molecule has 0 saturated carbocycles. The molecule has 0 spiro atoms. The van der Waals surface area contributed by atoms with Gasteiger partial charge in [-0.1, -0.05) is 30.3 Å². The van der Waals surface area contributed by atoms with Crippen LogP contribution < -0.4 is 5.32 Å². The van der Waals surface area contributed by atoms with Crippen LogP contribution in [-0.2, 0) is 14.3 Å². The number of ether oxygens (including phenoxy) is 1. The largest absolute Gasteiger partial charge is 0.452 e. The van der Waals surface area contributed by atoms with Crippen LogP contribution in [0.3, 0.4) is 0 Å². The first kappa shape index (κ1) is 16.4. The number of hydrogen-bond donors (Lipinski definition) is 1. The molecule has 0 atom stereocenters. The molecule has 0 aliphatic rings. The molecule has 1 amide bonds. The van der Waals surface area contributed by atoms with Gasteiger partial charge in [0.25, 0.3) is 5.91 Å². The Morgan fingerprint density at radius 3 is 2.52 bits per heavy atom. The maximum absolute atomic E-state index is 12.7. The summed E-state index contributed by atoms with van der Waals surface area (Å²) in [5.41, 5.74) is 2.26. The van der Waals surface area contributed by atoms with Gasteiger partial charge in [-0.3, -0.25) is 4.79 Å². The number of esters is 1. The molecule has 2 aromatic carbocycles. The van der Waals surface area contributed by atoms with E-state index in [1.807, 2.05) is 19.1 Å². The molecule has 0 fully saturated rings. The van der Waals surface area contributed by atoms with Crippen LogP contribution in [0.2, 0.25) is 0 Å². The summed E-state index contributed by atoms with van der Waals surface area (Å²) in [5.74, 6) is -1.41. The predicted molar refractivity (Wildman–Crippen MR) is 86.2 cm³/mol. The highest BCUT2D eigenvalue weighted by atomic mass is 19.1. The first-order valence-electron chi connectivity index (χ1n) is 7.00. The molecule has 0 aliphatic heterocycles. The van der Waals surface area contributed by atoms with Crippen LogP contribution in [0.1, 0.15) is 11.1 Å². The molecule has 23 heavy (non-hydrogen) atoms. The number of hydrogen-bond acceptors (Lipinski definition) is 3. The normalized spacial score (nSPS) is 10.5. The number of halogens is 1. The van der Waals surface area contributed by atoms with E-state index in [1.165, 1.54) is 36.4 Å². The summed E-state index contributed by atoms with van der Waals surface area (Å²) in [5, 5.41) is 2.66. The molecular weight excluding hydrogens is 297 g/mol. The summed E-state index contributed by atoms with van der Waals surface area (Å²) in [6.07, 6.45) is 2.68. The van der Waals surface area contributed by atoms with E-state index in [0.29, 0.717) is 11.3 Å². The molecule has 0 aromatic heterocycles. The van der Waals surface area contributed by atoms with Crippen molar-refractivity contribution in [2.75, 3.05) is 11.9 Å². The van der Waals surface area contributed by atoms with Gasteiger partial charge in [-0.15, -0.1) is 0 Å². The van der Waals surface area contributed by atoms with Gasteiger partial charge in [0.05, 0.1) is 0 Å². The molecule has 2 aromatic rings. The Labute approximate surface area is 133 Å². The summed E-state index contributed by atoms with van der Waals surface area (Å²) in [6.45, 7) is 1.49. The number of carbonyl (C=O) groups excluding carboxylic acids is 2. The zero-order valence-corrected chi connectivity index (χ0v) is 12.6. The molecule has 1 N–H and O–H groups in total. The summed E-state index contributed by atoms with van der Waals surface area (Å²) >= 11 is 0. The van der Waals surface area contributed by atoms with Gasteiger partial charge in [0.15, 0.2) is 6.61 Å². The minimum Gasteiger partial charge on any atom is -0.452 e. The Hall–Kier alpha value is -2.95. The van der Waals surface area contributed by atoms with Gasteiger partial charge in [-0.2, -0.15) is 0 Å². The minimum absolute atomic E-state index is 0.349. The Morgan fingerprint density at radius 1 is 1.13 bits per heavy atom. The number of nitrogens with one attached hydrogen (secondary N) is 1. The number of amides is 1. The molecule has 0 unspecified atom stereocenters. The van der Waals surface area contributed by atoms with Crippen LogP contribution in [0.4, 0.5) is 10.1 Å². The van der Waals surface area contributed by atoms with E-state index in [1.54, 1.807) is 12.1 Å². The van der Waals surface area contributed by atoms with Gasteiger partial charge in [-0.25, -0.2) is 9.18 Å². The zero-order valence-electron chi connectivity index (χ0n) is 12.6. The molecule has 0 saturated heterocycles. The lowest BCUT2D eigenvalue weighted by molar-refractivity contribution is -0.142. The predicted octanol–water partition coefficient (Wildman–Crippen LogP) is 3.33. The monoisotopic (exact) mass is 313 g/mol. The quantitative estimate of drug-likeness (QED) is 0.680. The van der Waals surface area contributed by atoms with Crippen molar-refractivity contribution in [1.29, 1.82) is 0 Å². The third-order valence-corrected chi connectivity index (χ3v) is 3.05. The van der Waals surface area contributed by atoms with E-state index in [4.69, 9.17) is 4.74 Å². The van der Waals surface area contributed by atoms with E-state index >= 15 is 0 Å². The van der Waals surface area contributed by atoms with Crippen molar-refractivity contribution in [3.63, 3.8) is 0 Å². The average molecular weight is 313 g/mol. The lowest BCUT2D eigenvalue weighted by Crippen LogP contribution is -2.20. The van der Waals surface area contributed by atoms with Crippen LogP contribution in [0.25, 0.3) is 6.08 Å². The van der Waals surface area contributed by atoms with E-state index in [2.05, 4.69) is 5.32 Å². The fourth-order valence-corrected chi connectivity index (χ4v) is 1.82. The smallest absolute Gasteiger partial charge is 0.331 e. The van der Waals surface area contributed by atoms with Crippen molar-refractivity contribution in [3.8, 4) is 0 Å². The molecule has 4 nitrogen and oxygen atoms in total. The van der Waals surface area contributed by atoms with Crippen molar-refractivity contribution in [2.24, 2.45) is 0 Å². The summed E-state index contributed by atoms with van der Waals surface area (Å²) < 4.78 is 17.6. The number of aryl methyl sites for hydroxylation is 1. The molecule has 0 aliphatic carbocycles. The molecule has 0 bridgehead atoms. The highest BCUT2D eigenvalue weighted by Gasteiger charge is 2.06. The maximum Gasteiger partial charge on any atom is 0.331 e. The molecule has 2 rings (SSSR count). The van der Waals surface area contributed by atoms with Gasteiger partial charge in [0, 0.05) is 11.8 Å². The van der Waals surface area contributed by atoms with E-state index in [9.17, 15) is 14.0 Å². The van der Waals surface area contributed by atoms with Crippen LogP contribution in [-0.4, -0.2) is 18.5 Å². The fraction of sp³-hybridized carbons (Fsp3) is 0.111. The van der Waals surface area contributed by atoms with Crippen LogP contribution in [0.5, 0.6) is 0 Å². The van der Waals surface area contributed by atoms with Crippen LogP contribution in [0, 0.1) is 12.7 Å². The van der Waals surface area contributed by atoms with E-state index in [-0.39, 0.29) is 12.4 Å². The lowest BCUT2D eigenvalue weighted by Gasteiger charge is -2.07. The number of carbonyl (C=O) groups is 2. The third-order valence-electron chi connectivity index (χ3n) is 3.05. The van der Waals surface area contributed by atoms with Crippen molar-refractivity contribution in [3.05, 3.63) is 71.6 Å². The van der Waals surface area contributed by atoms with Gasteiger partial charge in [0.2, 0.25) is 0 Å². The van der Waals surface area contributed by atoms with Crippen LogP contribution >= 0.6 is 0 Å². The van der Waals surface area contributed by atoms with Crippen LogP contribution in [0.15, 0.2) is 54.6 Å². The van der Waals surface area contributed by atoms with E-state index in [0.717, 1.165) is 5.56 Å².